The van der Waals surface area contributed by atoms with Crippen molar-refractivity contribution >= 4 is 17.9 Å². The normalized spacial score (nSPS) is 16.6. The number of primary amides is 1. The minimum absolute atomic E-state index is 0.0272. The van der Waals surface area contributed by atoms with Gasteiger partial charge in [-0.05, 0) is 32.8 Å². The Balaban J connectivity index is 1.99. The van der Waals surface area contributed by atoms with Crippen LogP contribution in [0.25, 0.3) is 6.08 Å². The van der Waals surface area contributed by atoms with Crippen LogP contribution in [-0.4, -0.2) is 39.6 Å². The first-order valence-electron chi connectivity index (χ1n) is 7.16. The summed E-state index contributed by atoms with van der Waals surface area (Å²) in [5.74, 6) is -0.388. The van der Waals surface area contributed by atoms with Gasteiger partial charge in [-0.1, -0.05) is 0 Å². The molecule has 2 rings (SSSR count). The molecule has 1 aliphatic rings. The van der Waals surface area contributed by atoms with Crippen LogP contribution in [0.2, 0.25) is 0 Å². The fourth-order valence-electron chi connectivity index (χ4n) is 2.68. The highest BCUT2D eigenvalue weighted by atomic mass is 16.2. The minimum Gasteiger partial charge on any atom is -0.369 e. The van der Waals surface area contributed by atoms with Crippen LogP contribution >= 0.6 is 0 Å². The lowest BCUT2D eigenvalue weighted by atomic mass is 9.96. The molecule has 2 amide bonds. The van der Waals surface area contributed by atoms with Gasteiger partial charge in [0.25, 0.3) is 0 Å². The molecule has 0 aliphatic carbocycles. The number of hydrogen-bond donors (Lipinski definition) is 1. The maximum atomic E-state index is 12.2. The number of carbonyl (C=O) groups is 2. The van der Waals surface area contributed by atoms with E-state index in [1.54, 1.807) is 15.7 Å². The van der Waals surface area contributed by atoms with E-state index < -0.39 is 0 Å². The second-order valence-corrected chi connectivity index (χ2v) is 5.54. The number of aromatic nitrogens is 2. The lowest BCUT2D eigenvalue weighted by molar-refractivity contribution is -0.130. The smallest absolute Gasteiger partial charge is 0.246 e. The molecule has 0 bridgehead atoms. The summed E-state index contributed by atoms with van der Waals surface area (Å²) in [5, 5.41) is 4.32. The second-order valence-electron chi connectivity index (χ2n) is 5.54. The SMILES string of the molecule is Cc1nn(C)c(C)c1/C=C/C(=O)N1CCC(C(N)=O)CC1. The first kappa shape index (κ1) is 15.3. The maximum Gasteiger partial charge on any atom is 0.246 e. The average Bonchev–Trinajstić information content (AvgIpc) is 2.70. The Morgan fingerprint density at radius 2 is 1.90 bits per heavy atom. The molecule has 21 heavy (non-hydrogen) atoms. The standard InChI is InChI=1S/C15H22N4O2/c1-10-13(11(2)18(3)17-10)4-5-14(20)19-8-6-12(7-9-19)15(16)21/h4-5,12H,6-9H2,1-3H3,(H2,16,21)/b5-4+. The van der Waals surface area contributed by atoms with E-state index in [0.29, 0.717) is 25.9 Å². The van der Waals surface area contributed by atoms with E-state index in [0.717, 1.165) is 17.0 Å². The van der Waals surface area contributed by atoms with Crippen molar-refractivity contribution in [1.82, 2.24) is 14.7 Å². The van der Waals surface area contributed by atoms with Gasteiger partial charge >= 0.3 is 0 Å². The highest BCUT2D eigenvalue weighted by molar-refractivity contribution is 5.92. The van der Waals surface area contributed by atoms with Gasteiger partial charge in [0.2, 0.25) is 11.8 Å². The summed E-state index contributed by atoms with van der Waals surface area (Å²) >= 11 is 0. The summed E-state index contributed by atoms with van der Waals surface area (Å²) < 4.78 is 1.80. The molecule has 2 heterocycles. The summed E-state index contributed by atoms with van der Waals surface area (Å²) in [6, 6.07) is 0. The molecular weight excluding hydrogens is 268 g/mol. The predicted octanol–water partition coefficient (Wildman–Crippen LogP) is 0.774. The van der Waals surface area contributed by atoms with E-state index in [2.05, 4.69) is 5.10 Å². The van der Waals surface area contributed by atoms with E-state index in [1.807, 2.05) is 27.0 Å². The number of nitrogens with zero attached hydrogens (tertiary/aromatic N) is 3. The van der Waals surface area contributed by atoms with Crippen molar-refractivity contribution in [3.8, 4) is 0 Å². The van der Waals surface area contributed by atoms with Crippen molar-refractivity contribution in [3.05, 3.63) is 23.0 Å². The van der Waals surface area contributed by atoms with Crippen LogP contribution in [0.1, 0.15) is 29.8 Å². The molecule has 1 fully saturated rings. The molecule has 6 nitrogen and oxygen atoms in total. The molecule has 1 aromatic rings. The monoisotopic (exact) mass is 290 g/mol. The van der Waals surface area contributed by atoms with Gasteiger partial charge < -0.3 is 10.6 Å². The number of piperidine rings is 1. The summed E-state index contributed by atoms with van der Waals surface area (Å²) in [5.41, 5.74) is 8.22. The van der Waals surface area contributed by atoms with Crippen LogP contribution in [-0.2, 0) is 16.6 Å². The topological polar surface area (TPSA) is 81.2 Å². The molecule has 6 heteroatoms. The molecule has 2 N–H and O–H groups in total. The van der Waals surface area contributed by atoms with Crippen LogP contribution in [0, 0.1) is 19.8 Å². The highest BCUT2D eigenvalue weighted by Crippen LogP contribution is 2.18. The maximum absolute atomic E-state index is 12.2. The number of nitrogens with two attached hydrogens (primary N) is 1. The van der Waals surface area contributed by atoms with Crippen LogP contribution in [0.3, 0.4) is 0 Å². The second kappa shape index (κ2) is 6.11. The summed E-state index contributed by atoms with van der Waals surface area (Å²) in [6.07, 6.45) is 4.71. The lowest BCUT2D eigenvalue weighted by Gasteiger charge is -2.29. The minimum atomic E-state index is -0.265. The molecule has 0 saturated carbocycles. The molecule has 1 aromatic heterocycles. The Hall–Kier alpha value is -2.11. The molecule has 0 atom stereocenters. The molecule has 0 spiro atoms. The van der Waals surface area contributed by atoms with E-state index in [1.165, 1.54) is 0 Å². The van der Waals surface area contributed by atoms with Gasteiger partial charge in [0.15, 0.2) is 0 Å². The van der Waals surface area contributed by atoms with Gasteiger partial charge in [-0.3, -0.25) is 14.3 Å². The Labute approximate surface area is 124 Å². The van der Waals surface area contributed by atoms with Crippen molar-refractivity contribution in [1.29, 1.82) is 0 Å². The molecular formula is C15H22N4O2. The predicted molar refractivity (Wildman–Crippen MR) is 80.2 cm³/mol. The van der Waals surface area contributed by atoms with Gasteiger partial charge in [0.05, 0.1) is 5.69 Å². The highest BCUT2D eigenvalue weighted by Gasteiger charge is 2.24. The van der Waals surface area contributed by atoms with Crippen molar-refractivity contribution < 1.29 is 9.59 Å². The molecule has 1 saturated heterocycles. The van der Waals surface area contributed by atoms with E-state index in [-0.39, 0.29) is 17.7 Å². The van der Waals surface area contributed by atoms with E-state index in [4.69, 9.17) is 5.73 Å². The van der Waals surface area contributed by atoms with Crippen LogP contribution in [0.4, 0.5) is 0 Å². The van der Waals surface area contributed by atoms with Crippen molar-refractivity contribution in [2.45, 2.75) is 26.7 Å². The van der Waals surface area contributed by atoms with Gasteiger partial charge in [0, 0.05) is 43.4 Å². The Bertz CT molecular complexity index is 581. The van der Waals surface area contributed by atoms with Crippen molar-refractivity contribution in [2.24, 2.45) is 18.7 Å². The average molecular weight is 290 g/mol. The van der Waals surface area contributed by atoms with E-state index >= 15 is 0 Å². The summed E-state index contributed by atoms with van der Waals surface area (Å²) in [4.78, 5) is 25.0. The summed E-state index contributed by atoms with van der Waals surface area (Å²) in [6.45, 7) is 5.07. The van der Waals surface area contributed by atoms with Gasteiger partial charge in [0.1, 0.15) is 0 Å². The first-order valence-corrected chi connectivity index (χ1v) is 7.16. The number of carbonyl (C=O) groups excluding carboxylic acids is 2. The zero-order chi connectivity index (χ0) is 15.6. The van der Waals surface area contributed by atoms with Crippen LogP contribution in [0.15, 0.2) is 6.08 Å². The molecule has 0 unspecified atom stereocenters. The number of amides is 2. The number of hydrogen-bond acceptors (Lipinski definition) is 3. The van der Waals surface area contributed by atoms with Gasteiger partial charge in [-0.15, -0.1) is 0 Å². The quantitative estimate of drug-likeness (QED) is 0.835. The number of rotatable bonds is 3. The zero-order valence-electron chi connectivity index (χ0n) is 12.8. The van der Waals surface area contributed by atoms with Gasteiger partial charge in [-0.25, -0.2) is 0 Å². The Morgan fingerprint density at radius 1 is 1.29 bits per heavy atom. The van der Waals surface area contributed by atoms with Crippen molar-refractivity contribution in [3.63, 3.8) is 0 Å². The summed E-state index contributed by atoms with van der Waals surface area (Å²) in [7, 11) is 1.89. The molecule has 1 aliphatic heterocycles. The third kappa shape index (κ3) is 3.32. The lowest BCUT2D eigenvalue weighted by Crippen LogP contribution is -2.41. The third-order valence-corrected chi connectivity index (χ3v) is 4.17. The first-order chi connectivity index (χ1) is 9.90. The fraction of sp³-hybridized carbons (Fsp3) is 0.533. The zero-order valence-corrected chi connectivity index (χ0v) is 12.8. The molecule has 114 valence electrons. The Morgan fingerprint density at radius 3 is 2.38 bits per heavy atom. The number of aryl methyl sites for hydroxylation is 2. The van der Waals surface area contributed by atoms with Gasteiger partial charge in [-0.2, -0.15) is 5.10 Å². The van der Waals surface area contributed by atoms with Crippen molar-refractivity contribution in [2.75, 3.05) is 13.1 Å². The third-order valence-electron chi connectivity index (χ3n) is 4.17. The van der Waals surface area contributed by atoms with Crippen LogP contribution < -0.4 is 5.73 Å². The van der Waals surface area contributed by atoms with E-state index in [9.17, 15) is 9.59 Å². The van der Waals surface area contributed by atoms with Crippen LogP contribution in [0.5, 0.6) is 0 Å². The Kier molecular flexibility index (Phi) is 4.45. The largest absolute Gasteiger partial charge is 0.369 e. The molecule has 0 radical (unpaired) electrons. The molecule has 0 aromatic carbocycles. The fourth-order valence-corrected chi connectivity index (χ4v) is 2.68. The number of likely N-dealkylation sites (tertiary alicyclic amines) is 1.